The predicted molar refractivity (Wildman–Crippen MR) is 90.3 cm³/mol. The second kappa shape index (κ2) is 8.11. The molecule has 0 bridgehead atoms. The highest BCUT2D eigenvalue weighted by Crippen LogP contribution is 2.18. The number of benzene rings is 1. The Hall–Kier alpha value is -1.45. The second-order valence-electron chi connectivity index (χ2n) is 5.34. The van der Waals surface area contributed by atoms with Gasteiger partial charge in [0.1, 0.15) is 0 Å². The van der Waals surface area contributed by atoms with Crippen LogP contribution in [0.5, 0.6) is 0 Å². The summed E-state index contributed by atoms with van der Waals surface area (Å²) >= 11 is 1.61. The minimum atomic E-state index is 0.497. The van der Waals surface area contributed by atoms with Gasteiger partial charge in [-0.05, 0) is 44.0 Å². The van der Waals surface area contributed by atoms with E-state index in [2.05, 4.69) is 55.1 Å². The number of carbonyl (C=O) groups is 1. The van der Waals surface area contributed by atoms with E-state index in [-0.39, 0.29) is 0 Å². The largest absolute Gasteiger partial charge is 0.300 e. The number of aldehydes is 1. The highest BCUT2D eigenvalue weighted by atomic mass is 32.1. The molecule has 0 spiro atoms. The number of nitrogens with zero attached hydrogens (tertiary/aromatic N) is 1. The standard InChI is InChI=1S/C18H23NOS/c1-3-19(12-11-16-7-5-4-6-8-16)15(2)13-17-9-10-18(14-20)21-17/h4-10,14-15H,3,11-13H2,1-2H3. The van der Waals surface area contributed by atoms with E-state index in [1.807, 2.05) is 6.07 Å². The maximum atomic E-state index is 10.8. The first kappa shape index (κ1) is 15.9. The maximum Gasteiger partial charge on any atom is 0.160 e. The van der Waals surface area contributed by atoms with Crippen molar-refractivity contribution in [2.24, 2.45) is 0 Å². The lowest BCUT2D eigenvalue weighted by Gasteiger charge is -2.27. The summed E-state index contributed by atoms with van der Waals surface area (Å²) in [7, 11) is 0. The fourth-order valence-corrected chi connectivity index (χ4v) is 3.54. The van der Waals surface area contributed by atoms with Crippen LogP contribution in [0.4, 0.5) is 0 Å². The van der Waals surface area contributed by atoms with E-state index in [0.717, 1.165) is 37.1 Å². The molecule has 2 aromatic rings. The molecular formula is C18H23NOS. The molecular weight excluding hydrogens is 278 g/mol. The van der Waals surface area contributed by atoms with Gasteiger partial charge in [0, 0.05) is 17.5 Å². The van der Waals surface area contributed by atoms with E-state index >= 15 is 0 Å². The average molecular weight is 301 g/mol. The number of hydrogen-bond acceptors (Lipinski definition) is 3. The molecule has 1 atom stereocenters. The monoisotopic (exact) mass is 301 g/mol. The molecule has 0 aliphatic carbocycles. The summed E-state index contributed by atoms with van der Waals surface area (Å²) in [5.41, 5.74) is 1.39. The molecule has 0 N–H and O–H groups in total. The number of rotatable bonds is 8. The van der Waals surface area contributed by atoms with Crippen LogP contribution in [0.2, 0.25) is 0 Å². The second-order valence-corrected chi connectivity index (χ2v) is 6.54. The molecule has 2 nitrogen and oxygen atoms in total. The molecule has 0 fully saturated rings. The van der Waals surface area contributed by atoms with Gasteiger partial charge in [-0.2, -0.15) is 0 Å². The molecule has 0 amide bonds. The van der Waals surface area contributed by atoms with Gasteiger partial charge in [0.2, 0.25) is 0 Å². The molecule has 0 aliphatic rings. The van der Waals surface area contributed by atoms with Gasteiger partial charge in [-0.15, -0.1) is 11.3 Å². The lowest BCUT2D eigenvalue weighted by Crippen LogP contribution is -2.36. The zero-order valence-corrected chi connectivity index (χ0v) is 13.6. The summed E-state index contributed by atoms with van der Waals surface area (Å²) in [6.45, 7) is 6.62. The minimum Gasteiger partial charge on any atom is -0.300 e. The van der Waals surface area contributed by atoms with Gasteiger partial charge in [0.25, 0.3) is 0 Å². The Labute approximate surface area is 131 Å². The van der Waals surface area contributed by atoms with E-state index in [1.165, 1.54) is 10.4 Å². The lowest BCUT2D eigenvalue weighted by molar-refractivity contribution is 0.112. The van der Waals surface area contributed by atoms with Gasteiger partial charge in [-0.1, -0.05) is 37.3 Å². The molecule has 0 saturated carbocycles. The van der Waals surface area contributed by atoms with E-state index < -0.39 is 0 Å². The molecule has 112 valence electrons. The van der Waals surface area contributed by atoms with Crippen molar-refractivity contribution in [2.75, 3.05) is 13.1 Å². The fourth-order valence-electron chi connectivity index (χ4n) is 2.60. The van der Waals surface area contributed by atoms with Crippen LogP contribution in [0, 0.1) is 0 Å². The Morgan fingerprint density at radius 1 is 1.19 bits per heavy atom. The summed E-state index contributed by atoms with van der Waals surface area (Å²) in [6, 6.07) is 15.1. The van der Waals surface area contributed by atoms with Crippen molar-refractivity contribution in [3.8, 4) is 0 Å². The highest BCUT2D eigenvalue weighted by molar-refractivity contribution is 7.13. The first-order valence-corrected chi connectivity index (χ1v) is 8.36. The van der Waals surface area contributed by atoms with Crippen molar-refractivity contribution in [3.05, 3.63) is 57.8 Å². The molecule has 1 heterocycles. The molecule has 1 unspecified atom stereocenters. The summed E-state index contributed by atoms with van der Waals surface area (Å²) in [6.07, 6.45) is 3.04. The SMILES string of the molecule is CCN(CCc1ccccc1)C(C)Cc1ccc(C=O)s1. The third-order valence-electron chi connectivity index (χ3n) is 3.86. The van der Waals surface area contributed by atoms with Gasteiger partial charge < -0.3 is 4.90 Å². The minimum absolute atomic E-state index is 0.497. The Morgan fingerprint density at radius 3 is 2.57 bits per heavy atom. The number of hydrogen-bond donors (Lipinski definition) is 0. The fraction of sp³-hybridized carbons (Fsp3) is 0.389. The molecule has 0 saturated heterocycles. The number of likely N-dealkylation sites (N-methyl/N-ethyl adjacent to an activating group) is 1. The van der Waals surface area contributed by atoms with E-state index in [9.17, 15) is 4.79 Å². The Kier molecular flexibility index (Phi) is 6.15. The predicted octanol–water partition coefficient (Wildman–Crippen LogP) is 4.06. The quantitative estimate of drug-likeness (QED) is 0.685. The van der Waals surface area contributed by atoms with Crippen molar-refractivity contribution < 1.29 is 4.79 Å². The Bertz CT molecular complexity index is 549. The summed E-state index contributed by atoms with van der Waals surface area (Å²) < 4.78 is 0. The number of thiophene rings is 1. The van der Waals surface area contributed by atoms with Crippen LogP contribution in [0.15, 0.2) is 42.5 Å². The maximum absolute atomic E-state index is 10.8. The van der Waals surface area contributed by atoms with Crippen LogP contribution in [-0.4, -0.2) is 30.3 Å². The molecule has 3 heteroatoms. The molecule has 2 rings (SSSR count). The van der Waals surface area contributed by atoms with Crippen LogP contribution in [-0.2, 0) is 12.8 Å². The van der Waals surface area contributed by atoms with Crippen LogP contribution in [0.3, 0.4) is 0 Å². The first-order valence-electron chi connectivity index (χ1n) is 7.54. The van der Waals surface area contributed by atoms with E-state index in [0.29, 0.717) is 6.04 Å². The average Bonchev–Trinajstić information content (AvgIpc) is 2.96. The topological polar surface area (TPSA) is 20.3 Å². The van der Waals surface area contributed by atoms with E-state index in [4.69, 9.17) is 0 Å². The van der Waals surface area contributed by atoms with Crippen molar-refractivity contribution in [2.45, 2.75) is 32.7 Å². The normalized spacial score (nSPS) is 12.5. The summed E-state index contributed by atoms with van der Waals surface area (Å²) in [4.78, 5) is 15.4. The van der Waals surface area contributed by atoms with Gasteiger partial charge in [-0.25, -0.2) is 0 Å². The Balaban J connectivity index is 1.88. The van der Waals surface area contributed by atoms with Crippen LogP contribution < -0.4 is 0 Å². The first-order chi connectivity index (χ1) is 10.2. The summed E-state index contributed by atoms with van der Waals surface area (Å²) in [5.74, 6) is 0. The third-order valence-corrected chi connectivity index (χ3v) is 4.89. The molecule has 1 aromatic carbocycles. The number of carbonyl (C=O) groups excluding carboxylic acids is 1. The van der Waals surface area contributed by atoms with Crippen LogP contribution >= 0.6 is 11.3 Å². The Morgan fingerprint density at radius 2 is 1.95 bits per heavy atom. The third kappa shape index (κ3) is 4.80. The van der Waals surface area contributed by atoms with Crippen molar-refractivity contribution >= 4 is 17.6 Å². The van der Waals surface area contributed by atoms with Gasteiger partial charge in [0.05, 0.1) is 4.88 Å². The zero-order chi connectivity index (χ0) is 15.1. The smallest absolute Gasteiger partial charge is 0.160 e. The summed E-state index contributed by atoms with van der Waals surface area (Å²) in [5, 5.41) is 0. The lowest BCUT2D eigenvalue weighted by atomic mass is 10.1. The van der Waals surface area contributed by atoms with Crippen molar-refractivity contribution in [3.63, 3.8) is 0 Å². The van der Waals surface area contributed by atoms with Gasteiger partial charge in [0.15, 0.2) is 6.29 Å². The van der Waals surface area contributed by atoms with Gasteiger partial charge in [-0.3, -0.25) is 4.79 Å². The molecule has 0 aliphatic heterocycles. The van der Waals surface area contributed by atoms with E-state index in [1.54, 1.807) is 11.3 Å². The van der Waals surface area contributed by atoms with Crippen LogP contribution in [0.25, 0.3) is 0 Å². The molecule has 0 radical (unpaired) electrons. The highest BCUT2D eigenvalue weighted by Gasteiger charge is 2.13. The molecule has 21 heavy (non-hydrogen) atoms. The molecule has 1 aromatic heterocycles. The van der Waals surface area contributed by atoms with Gasteiger partial charge >= 0.3 is 0 Å². The van der Waals surface area contributed by atoms with Crippen molar-refractivity contribution in [1.82, 2.24) is 4.90 Å². The zero-order valence-electron chi connectivity index (χ0n) is 12.8. The van der Waals surface area contributed by atoms with Crippen LogP contribution in [0.1, 0.15) is 34.0 Å². The van der Waals surface area contributed by atoms with Crippen molar-refractivity contribution in [1.29, 1.82) is 0 Å².